The second-order valence-corrected chi connectivity index (χ2v) is 4.42. The van der Waals surface area contributed by atoms with Gasteiger partial charge in [0.2, 0.25) is 0 Å². The van der Waals surface area contributed by atoms with E-state index in [0.29, 0.717) is 12.8 Å². The molecule has 0 spiro atoms. The lowest BCUT2D eigenvalue weighted by molar-refractivity contribution is -0.148. The van der Waals surface area contributed by atoms with Crippen LogP contribution in [-0.2, 0) is 11.2 Å². The molecule has 0 aliphatic carbocycles. The van der Waals surface area contributed by atoms with Crippen LogP contribution in [0.15, 0.2) is 24.3 Å². The summed E-state index contributed by atoms with van der Waals surface area (Å²) in [4.78, 5) is 11.2. The van der Waals surface area contributed by atoms with Crippen molar-refractivity contribution in [1.29, 1.82) is 0 Å². The van der Waals surface area contributed by atoms with E-state index in [1.54, 1.807) is 19.1 Å². The Morgan fingerprint density at radius 3 is 2.69 bits per heavy atom. The molecular weight excluding hydrogens is 207 g/mol. The number of rotatable bonds is 5. The Hall–Kier alpha value is -1.38. The summed E-state index contributed by atoms with van der Waals surface area (Å²) in [6.45, 7) is 3.66. The first-order valence-corrected chi connectivity index (χ1v) is 5.46. The van der Waals surface area contributed by atoms with E-state index in [2.05, 4.69) is 0 Å². The summed E-state index contributed by atoms with van der Waals surface area (Å²) in [6.07, 6.45) is 1.77. The van der Waals surface area contributed by atoms with Crippen LogP contribution in [0.5, 0.6) is 0 Å². The first-order valence-electron chi connectivity index (χ1n) is 5.46. The average Bonchev–Trinajstić information content (AvgIpc) is 2.17. The van der Waals surface area contributed by atoms with Crippen LogP contribution >= 0.6 is 0 Å². The summed E-state index contributed by atoms with van der Waals surface area (Å²) < 4.78 is 13.0. The fourth-order valence-corrected chi connectivity index (χ4v) is 1.92. The molecule has 1 atom stereocenters. The summed E-state index contributed by atoms with van der Waals surface area (Å²) in [5.74, 6) is -1.14. The number of carboxylic acid groups (broad SMARTS) is 1. The molecule has 0 amide bonds. The average molecular weight is 224 g/mol. The van der Waals surface area contributed by atoms with Crippen molar-refractivity contribution >= 4 is 5.97 Å². The lowest BCUT2D eigenvalue weighted by atomic mass is 9.80. The molecule has 88 valence electrons. The Bertz CT molecular complexity index is 376. The molecule has 1 unspecified atom stereocenters. The van der Waals surface area contributed by atoms with Gasteiger partial charge < -0.3 is 5.11 Å². The number of carboxylic acids is 1. The van der Waals surface area contributed by atoms with E-state index < -0.39 is 11.4 Å². The molecule has 16 heavy (non-hydrogen) atoms. The fraction of sp³-hybridized carbons (Fsp3) is 0.462. The van der Waals surface area contributed by atoms with E-state index in [-0.39, 0.29) is 5.82 Å². The van der Waals surface area contributed by atoms with E-state index in [0.717, 1.165) is 12.0 Å². The molecule has 2 nitrogen and oxygen atoms in total. The maximum absolute atomic E-state index is 13.0. The van der Waals surface area contributed by atoms with Crippen molar-refractivity contribution in [2.45, 2.75) is 33.1 Å². The zero-order chi connectivity index (χ0) is 12.2. The predicted molar refractivity (Wildman–Crippen MR) is 60.8 cm³/mol. The van der Waals surface area contributed by atoms with Gasteiger partial charge >= 0.3 is 5.97 Å². The standard InChI is InChI=1S/C13H17FO2/c1-3-7-13(2,12(15)16)9-10-5-4-6-11(14)8-10/h4-6,8H,3,7,9H2,1-2H3,(H,15,16). The highest BCUT2D eigenvalue weighted by Crippen LogP contribution is 2.28. The number of hydrogen-bond donors (Lipinski definition) is 1. The Morgan fingerprint density at radius 2 is 2.19 bits per heavy atom. The van der Waals surface area contributed by atoms with Gasteiger partial charge in [-0.1, -0.05) is 25.5 Å². The number of aliphatic carboxylic acids is 1. The molecule has 1 rings (SSSR count). The first kappa shape index (κ1) is 12.7. The van der Waals surface area contributed by atoms with Crippen LogP contribution in [0.4, 0.5) is 4.39 Å². The molecule has 0 radical (unpaired) electrons. The topological polar surface area (TPSA) is 37.3 Å². The molecule has 0 fully saturated rings. The fourth-order valence-electron chi connectivity index (χ4n) is 1.92. The van der Waals surface area contributed by atoms with Gasteiger partial charge in [-0.25, -0.2) is 4.39 Å². The second-order valence-electron chi connectivity index (χ2n) is 4.42. The van der Waals surface area contributed by atoms with Crippen molar-refractivity contribution in [3.63, 3.8) is 0 Å². The van der Waals surface area contributed by atoms with Gasteiger partial charge in [0.25, 0.3) is 0 Å². The highest BCUT2D eigenvalue weighted by molar-refractivity contribution is 5.74. The molecule has 0 heterocycles. The van der Waals surface area contributed by atoms with Crippen LogP contribution in [0.2, 0.25) is 0 Å². The monoisotopic (exact) mass is 224 g/mol. The van der Waals surface area contributed by atoms with Crippen molar-refractivity contribution < 1.29 is 14.3 Å². The molecule has 1 aromatic carbocycles. The number of halogens is 1. The van der Waals surface area contributed by atoms with Gasteiger partial charge in [-0.2, -0.15) is 0 Å². The van der Waals surface area contributed by atoms with Crippen LogP contribution in [0.25, 0.3) is 0 Å². The summed E-state index contributed by atoms with van der Waals surface area (Å²) in [5, 5.41) is 9.20. The zero-order valence-electron chi connectivity index (χ0n) is 9.66. The lowest BCUT2D eigenvalue weighted by Crippen LogP contribution is -2.29. The Labute approximate surface area is 95.1 Å². The van der Waals surface area contributed by atoms with Gasteiger partial charge in [0, 0.05) is 0 Å². The molecule has 1 N–H and O–H groups in total. The SMILES string of the molecule is CCCC(C)(Cc1cccc(F)c1)C(=O)O. The summed E-state index contributed by atoms with van der Waals surface area (Å²) in [5.41, 5.74) is -0.0684. The zero-order valence-corrected chi connectivity index (χ0v) is 9.66. The van der Waals surface area contributed by atoms with Gasteiger partial charge in [-0.05, 0) is 37.5 Å². The van der Waals surface area contributed by atoms with Crippen LogP contribution in [0.1, 0.15) is 32.3 Å². The minimum Gasteiger partial charge on any atom is -0.481 e. The maximum Gasteiger partial charge on any atom is 0.309 e. The van der Waals surface area contributed by atoms with E-state index >= 15 is 0 Å². The van der Waals surface area contributed by atoms with E-state index in [1.807, 2.05) is 6.92 Å². The minimum absolute atomic E-state index is 0.318. The van der Waals surface area contributed by atoms with Crippen LogP contribution in [0.3, 0.4) is 0 Å². The summed E-state index contributed by atoms with van der Waals surface area (Å²) in [7, 11) is 0. The third kappa shape index (κ3) is 3.05. The van der Waals surface area contributed by atoms with Crippen LogP contribution in [-0.4, -0.2) is 11.1 Å². The van der Waals surface area contributed by atoms with Gasteiger partial charge in [-0.15, -0.1) is 0 Å². The molecule has 0 aromatic heterocycles. The molecule has 0 aliphatic heterocycles. The Kier molecular flexibility index (Phi) is 4.05. The molecule has 1 aromatic rings. The normalized spacial score (nSPS) is 14.4. The van der Waals surface area contributed by atoms with Crippen molar-refractivity contribution in [2.75, 3.05) is 0 Å². The van der Waals surface area contributed by atoms with Crippen molar-refractivity contribution in [1.82, 2.24) is 0 Å². The number of hydrogen-bond acceptors (Lipinski definition) is 1. The molecule has 0 aliphatic rings. The van der Waals surface area contributed by atoms with Crippen LogP contribution < -0.4 is 0 Å². The molecule has 0 bridgehead atoms. The van der Waals surface area contributed by atoms with Gasteiger partial charge in [-0.3, -0.25) is 4.79 Å². The number of benzene rings is 1. The smallest absolute Gasteiger partial charge is 0.309 e. The van der Waals surface area contributed by atoms with Crippen molar-refractivity contribution in [2.24, 2.45) is 5.41 Å². The van der Waals surface area contributed by atoms with Crippen molar-refractivity contribution in [3.8, 4) is 0 Å². The third-order valence-corrected chi connectivity index (χ3v) is 2.80. The van der Waals surface area contributed by atoms with Gasteiger partial charge in [0.1, 0.15) is 5.82 Å². The van der Waals surface area contributed by atoms with Gasteiger partial charge in [0.15, 0.2) is 0 Å². The van der Waals surface area contributed by atoms with Crippen LogP contribution in [0, 0.1) is 11.2 Å². The van der Waals surface area contributed by atoms with E-state index in [4.69, 9.17) is 0 Å². The number of carbonyl (C=O) groups is 1. The molecule has 0 saturated carbocycles. The highest BCUT2D eigenvalue weighted by Gasteiger charge is 2.32. The largest absolute Gasteiger partial charge is 0.481 e. The molecule has 3 heteroatoms. The van der Waals surface area contributed by atoms with E-state index in [9.17, 15) is 14.3 Å². The summed E-state index contributed by atoms with van der Waals surface area (Å²) in [6, 6.07) is 6.14. The summed E-state index contributed by atoms with van der Waals surface area (Å²) >= 11 is 0. The lowest BCUT2D eigenvalue weighted by Gasteiger charge is -2.24. The molecule has 0 saturated heterocycles. The molecular formula is C13H17FO2. The third-order valence-electron chi connectivity index (χ3n) is 2.80. The maximum atomic E-state index is 13.0. The Balaban J connectivity index is 2.87. The highest BCUT2D eigenvalue weighted by atomic mass is 19.1. The minimum atomic E-state index is -0.821. The van der Waals surface area contributed by atoms with Crippen molar-refractivity contribution in [3.05, 3.63) is 35.6 Å². The predicted octanol–water partition coefficient (Wildman–Crippen LogP) is 3.26. The quantitative estimate of drug-likeness (QED) is 0.833. The first-order chi connectivity index (χ1) is 7.48. The Morgan fingerprint density at radius 1 is 1.50 bits per heavy atom. The second kappa shape index (κ2) is 5.10. The van der Waals surface area contributed by atoms with E-state index in [1.165, 1.54) is 12.1 Å². The van der Waals surface area contributed by atoms with Gasteiger partial charge in [0.05, 0.1) is 5.41 Å².